The molecule has 0 aliphatic rings. The van der Waals surface area contributed by atoms with E-state index in [1.807, 2.05) is 0 Å². The van der Waals surface area contributed by atoms with Crippen molar-refractivity contribution in [1.82, 2.24) is 10.2 Å². The van der Waals surface area contributed by atoms with Crippen LogP contribution in [0.15, 0.2) is 42.5 Å². The molecule has 2 aromatic carbocycles. The van der Waals surface area contributed by atoms with Crippen LogP contribution in [0.1, 0.15) is 5.56 Å². The molecule has 0 aliphatic carbocycles. The first-order chi connectivity index (χ1) is 13.7. The zero-order valence-electron chi connectivity index (χ0n) is 15.4. The highest BCUT2D eigenvalue weighted by Gasteiger charge is 2.11. The molecule has 0 bridgehead atoms. The number of ether oxygens (including phenoxy) is 1. The quantitative estimate of drug-likeness (QED) is 0.621. The summed E-state index contributed by atoms with van der Waals surface area (Å²) >= 11 is 0. The fourth-order valence-corrected chi connectivity index (χ4v) is 2.40. The first-order valence-electron chi connectivity index (χ1n) is 8.47. The van der Waals surface area contributed by atoms with Crippen LogP contribution in [0.25, 0.3) is 0 Å². The van der Waals surface area contributed by atoms with E-state index < -0.39 is 30.1 Å². The summed E-state index contributed by atoms with van der Waals surface area (Å²) in [5, 5.41) is 4.75. The lowest BCUT2D eigenvalue weighted by molar-refractivity contribution is -0.124. The zero-order valence-corrected chi connectivity index (χ0v) is 15.4. The van der Waals surface area contributed by atoms with Crippen molar-refractivity contribution in [3.05, 3.63) is 59.7 Å². The summed E-state index contributed by atoms with van der Waals surface area (Å²) in [6, 6.07) is 8.91. The molecule has 0 spiro atoms. The van der Waals surface area contributed by atoms with E-state index in [0.29, 0.717) is 6.54 Å². The molecular weight excluding hydrogens is 394 g/mol. The van der Waals surface area contributed by atoms with E-state index in [9.17, 15) is 27.2 Å². The van der Waals surface area contributed by atoms with Gasteiger partial charge in [-0.15, -0.1) is 0 Å². The normalized spacial score (nSPS) is 10.9. The van der Waals surface area contributed by atoms with Crippen LogP contribution in [-0.4, -0.2) is 43.5 Å². The minimum atomic E-state index is -2.90. The van der Waals surface area contributed by atoms with Gasteiger partial charge in [-0.3, -0.25) is 14.5 Å². The molecule has 0 aromatic heterocycles. The van der Waals surface area contributed by atoms with E-state index in [1.165, 1.54) is 18.2 Å². The first kappa shape index (κ1) is 22.2. The number of rotatable bonds is 9. The summed E-state index contributed by atoms with van der Waals surface area (Å²) in [4.78, 5) is 25.4. The van der Waals surface area contributed by atoms with Crippen LogP contribution in [0.5, 0.6) is 5.75 Å². The van der Waals surface area contributed by atoms with Gasteiger partial charge in [-0.05, 0) is 36.9 Å². The molecule has 156 valence electrons. The molecule has 0 radical (unpaired) electrons. The fraction of sp³-hybridized carbons (Fsp3) is 0.263. The Morgan fingerprint density at radius 1 is 1.03 bits per heavy atom. The maximum Gasteiger partial charge on any atom is 0.387 e. The van der Waals surface area contributed by atoms with Crippen LogP contribution in [0.3, 0.4) is 0 Å². The van der Waals surface area contributed by atoms with E-state index in [4.69, 9.17) is 0 Å². The van der Waals surface area contributed by atoms with Crippen LogP contribution < -0.4 is 15.4 Å². The topological polar surface area (TPSA) is 70.7 Å². The van der Waals surface area contributed by atoms with Gasteiger partial charge < -0.3 is 15.4 Å². The SMILES string of the molecule is CN(CC(=O)NCC(=O)Nc1ccc(F)c(F)c1)Cc1ccc(OC(F)F)cc1. The number of alkyl halides is 2. The Kier molecular flexibility index (Phi) is 7.96. The molecule has 0 heterocycles. The maximum absolute atomic E-state index is 13.1. The molecule has 6 nitrogen and oxygen atoms in total. The Balaban J connectivity index is 1.73. The van der Waals surface area contributed by atoms with E-state index in [-0.39, 0.29) is 24.5 Å². The number of likely N-dealkylation sites (N-methyl/N-ethyl adjacent to an activating group) is 1. The van der Waals surface area contributed by atoms with Crippen molar-refractivity contribution in [2.75, 3.05) is 25.5 Å². The lowest BCUT2D eigenvalue weighted by atomic mass is 10.2. The number of hydrogen-bond acceptors (Lipinski definition) is 4. The van der Waals surface area contributed by atoms with Gasteiger partial charge >= 0.3 is 6.61 Å². The van der Waals surface area contributed by atoms with Gasteiger partial charge in [0.1, 0.15) is 5.75 Å². The lowest BCUT2D eigenvalue weighted by Gasteiger charge is -2.16. The number of carbonyl (C=O) groups is 2. The van der Waals surface area contributed by atoms with Crippen molar-refractivity contribution in [3.63, 3.8) is 0 Å². The Labute approximate surface area is 164 Å². The molecule has 0 atom stereocenters. The third kappa shape index (κ3) is 7.78. The van der Waals surface area contributed by atoms with Gasteiger partial charge in [0, 0.05) is 18.3 Å². The molecule has 10 heteroatoms. The van der Waals surface area contributed by atoms with Gasteiger partial charge in [0.2, 0.25) is 11.8 Å². The largest absolute Gasteiger partial charge is 0.435 e. The van der Waals surface area contributed by atoms with Crippen LogP contribution in [0.2, 0.25) is 0 Å². The van der Waals surface area contributed by atoms with Crippen LogP contribution in [0, 0.1) is 11.6 Å². The summed E-state index contributed by atoms with van der Waals surface area (Å²) in [7, 11) is 1.67. The van der Waals surface area contributed by atoms with Gasteiger partial charge in [0.15, 0.2) is 11.6 Å². The molecular formula is C19H19F4N3O3. The van der Waals surface area contributed by atoms with Crippen LogP contribution in [-0.2, 0) is 16.1 Å². The molecule has 0 aliphatic heterocycles. The summed E-state index contributed by atoms with van der Waals surface area (Å²) in [5.41, 5.74) is 0.845. The third-order valence-electron chi connectivity index (χ3n) is 3.66. The maximum atomic E-state index is 13.1. The number of anilines is 1. The number of halogens is 4. The number of amides is 2. The molecule has 2 amide bonds. The van der Waals surface area contributed by atoms with Crippen molar-refractivity contribution < 1.29 is 31.9 Å². The van der Waals surface area contributed by atoms with E-state index in [2.05, 4.69) is 15.4 Å². The monoisotopic (exact) mass is 413 g/mol. The average Bonchev–Trinajstić information content (AvgIpc) is 2.64. The zero-order chi connectivity index (χ0) is 21.4. The highest BCUT2D eigenvalue weighted by molar-refractivity contribution is 5.94. The number of nitrogens with one attached hydrogen (secondary N) is 2. The first-order valence-corrected chi connectivity index (χ1v) is 8.47. The lowest BCUT2D eigenvalue weighted by Crippen LogP contribution is -2.39. The number of hydrogen-bond donors (Lipinski definition) is 2. The van der Waals surface area contributed by atoms with Gasteiger partial charge in [0.25, 0.3) is 0 Å². The molecule has 29 heavy (non-hydrogen) atoms. The number of benzene rings is 2. The Bertz CT molecular complexity index is 847. The van der Waals surface area contributed by atoms with Crippen molar-refractivity contribution in [3.8, 4) is 5.75 Å². The smallest absolute Gasteiger partial charge is 0.387 e. The van der Waals surface area contributed by atoms with Crippen molar-refractivity contribution >= 4 is 17.5 Å². The minimum Gasteiger partial charge on any atom is -0.435 e. The van der Waals surface area contributed by atoms with E-state index >= 15 is 0 Å². The Morgan fingerprint density at radius 2 is 1.72 bits per heavy atom. The predicted molar refractivity (Wildman–Crippen MR) is 97.4 cm³/mol. The summed E-state index contributed by atoms with van der Waals surface area (Å²) in [6.45, 7) is -2.89. The second-order valence-corrected chi connectivity index (χ2v) is 6.15. The summed E-state index contributed by atoms with van der Waals surface area (Å²) in [5.74, 6) is -3.11. The molecule has 2 aromatic rings. The molecule has 2 N–H and O–H groups in total. The molecule has 0 saturated heterocycles. The third-order valence-corrected chi connectivity index (χ3v) is 3.66. The second-order valence-electron chi connectivity index (χ2n) is 6.15. The molecule has 0 fully saturated rings. The minimum absolute atomic E-state index is 0.0201. The van der Waals surface area contributed by atoms with Gasteiger partial charge in [-0.25, -0.2) is 8.78 Å². The molecule has 0 saturated carbocycles. The number of carbonyl (C=O) groups excluding carboxylic acids is 2. The van der Waals surface area contributed by atoms with Crippen molar-refractivity contribution in [1.29, 1.82) is 0 Å². The van der Waals surface area contributed by atoms with E-state index in [0.717, 1.165) is 17.7 Å². The average molecular weight is 413 g/mol. The predicted octanol–water partition coefficient (Wildman–Crippen LogP) is 2.75. The van der Waals surface area contributed by atoms with Crippen LogP contribution >= 0.6 is 0 Å². The number of nitrogens with zero attached hydrogens (tertiary/aromatic N) is 1. The van der Waals surface area contributed by atoms with Crippen molar-refractivity contribution in [2.45, 2.75) is 13.2 Å². The second kappa shape index (κ2) is 10.4. The molecule has 2 rings (SSSR count). The summed E-state index contributed by atoms with van der Waals surface area (Å²) < 4.78 is 54.5. The Morgan fingerprint density at radius 3 is 2.34 bits per heavy atom. The van der Waals surface area contributed by atoms with Crippen molar-refractivity contribution in [2.24, 2.45) is 0 Å². The fourth-order valence-electron chi connectivity index (χ4n) is 2.40. The Hall–Kier alpha value is -3.14. The van der Waals surface area contributed by atoms with Gasteiger partial charge in [-0.1, -0.05) is 12.1 Å². The van der Waals surface area contributed by atoms with E-state index in [1.54, 1.807) is 24.1 Å². The highest BCUT2D eigenvalue weighted by atomic mass is 19.3. The van der Waals surface area contributed by atoms with Gasteiger partial charge in [0.05, 0.1) is 13.1 Å². The highest BCUT2D eigenvalue weighted by Crippen LogP contribution is 2.16. The van der Waals surface area contributed by atoms with Crippen LogP contribution in [0.4, 0.5) is 23.2 Å². The standard InChI is InChI=1S/C19H19F4N3O3/c1-26(10-12-2-5-14(6-3-12)29-19(22)23)11-18(28)24-9-17(27)25-13-4-7-15(20)16(21)8-13/h2-8,19H,9-11H2,1H3,(H,24,28)(H,25,27). The van der Waals surface area contributed by atoms with Gasteiger partial charge in [-0.2, -0.15) is 8.78 Å². The molecule has 0 unspecified atom stereocenters. The summed E-state index contributed by atoms with van der Waals surface area (Å²) in [6.07, 6.45) is 0.